The van der Waals surface area contributed by atoms with Gasteiger partial charge in [-0.25, -0.2) is 9.78 Å². The maximum atomic E-state index is 13.1. The number of fused-ring (bicyclic) bond motifs is 2. The number of pyridine rings is 1. The van der Waals surface area contributed by atoms with Gasteiger partial charge in [0.2, 0.25) is 5.91 Å². The number of para-hydroxylation sites is 1. The van der Waals surface area contributed by atoms with Crippen LogP contribution in [-0.4, -0.2) is 35.1 Å². The van der Waals surface area contributed by atoms with E-state index in [-0.39, 0.29) is 12.2 Å². The van der Waals surface area contributed by atoms with Crippen molar-refractivity contribution in [2.45, 2.75) is 26.8 Å². The molecule has 8 nitrogen and oxygen atoms in total. The van der Waals surface area contributed by atoms with Crippen LogP contribution < -0.4 is 15.6 Å². The highest BCUT2D eigenvalue weighted by molar-refractivity contribution is 7.22. The molecule has 2 heterocycles. The molecule has 170 valence electrons. The molecule has 4 aromatic rings. The summed E-state index contributed by atoms with van der Waals surface area (Å²) in [6, 6.07) is 11.2. The third kappa shape index (κ3) is 4.19. The van der Waals surface area contributed by atoms with Crippen molar-refractivity contribution in [2.24, 2.45) is 0 Å². The van der Waals surface area contributed by atoms with E-state index in [9.17, 15) is 14.4 Å². The quantitative estimate of drug-likeness (QED) is 0.426. The van der Waals surface area contributed by atoms with Crippen LogP contribution in [0.4, 0.5) is 5.13 Å². The Bertz CT molecular complexity index is 1440. The molecule has 1 atom stereocenters. The van der Waals surface area contributed by atoms with Gasteiger partial charge in [0.15, 0.2) is 5.13 Å². The first-order valence-corrected chi connectivity index (χ1v) is 11.2. The predicted octanol–water partition coefficient (Wildman–Crippen LogP) is 4.30. The van der Waals surface area contributed by atoms with Gasteiger partial charge in [0.05, 0.1) is 35.0 Å². The highest BCUT2D eigenvalue weighted by Gasteiger charge is 2.22. The van der Waals surface area contributed by atoms with Gasteiger partial charge in [-0.1, -0.05) is 23.5 Å². The predicted molar refractivity (Wildman–Crippen MR) is 128 cm³/mol. The van der Waals surface area contributed by atoms with Crippen LogP contribution in [0.1, 0.15) is 35.8 Å². The topological polar surface area (TPSA) is 99.5 Å². The second-order valence-electron chi connectivity index (χ2n) is 7.48. The normalized spacial score (nSPS) is 12.0. The summed E-state index contributed by atoms with van der Waals surface area (Å²) in [4.78, 5) is 42.4. The lowest BCUT2D eigenvalue weighted by Crippen LogP contribution is -2.32. The summed E-state index contributed by atoms with van der Waals surface area (Å²) in [6.45, 7) is 5.54. The molecule has 0 spiro atoms. The van der Waals surface area contributed by atoms with Crippen molar-refractivity contribution in [3.63, 3.8) is 0 Å². The molecule has 0 saturated carbocycles. The van der Waals surface area contributed by atoms with Gasteiger partial charge in [-0.05, 0) is 50.6 Å². The molecular formula is C24H23N3O5S. The van der Waals surface area contributed by atoms with E-state index in [0.717, 1.165) is 15.6 Å². The fourth-order valence-electron chi connectivity index (χ4n) is 3.73. The maximum absolute atomic E-state index is 13.1. The van der Waals surface area contributed by atoms with Crippen LogP contribution in [0.3, 0.4) is 0 Å². The number of hydrogen-bond acceptors (Lipinski definition) is 7. The third-order valence-corrected chi connectivity index (χ3v) is 6.29. The smallest absolute Gasteiger partial charge is 0.338 e. The Morgan fingerprint density at radius 3 is 2.73 bits per heavy atom. The van der Waals surface area contributed by atoms with Gasteiger partial charge in [-0.2, -0.15) is 0 Å². The molecule has 0 saturated heterocycles. The molecule has 0 aliphatic heterocycles. The van der Waals surface area contributed by atoms with E-state index in [2.05, 4.69) is 10.3 Å². The summed E-state index contributed by atoms with van der Waals surface area (Å²) in [5.74, 6) is -0.288. The number of rotatable bonds is 6. The van der Waals surface area contributed by atoms with E-state index in [0.29, 0.717) is 27.5 Å². The molecule has 9 heteroatoms. The van der Waals surface area contributed by atoms with Gasteiger partial charge >= 0.3 is 5.97 Å². The molecule has 33 heavy (non-hydrogen) atoms. The van der Waals surface area contributed by atoms with Crippen LogP contribution in [0, 0.1) is 6.92 Å². The third-order valence-electron chi connectivity index (χ3n) is 5.36. The minimum Gasteiger partial charge on any atom is -0.495 e. The molecule has 1 unspecified atom stereocenters. The number of methoxy groups -OCH3 is 1. The van der Waals surface area contributed by atoms with Crippen molar-refractivity contribution < 1.29 is 19.1 Å². The number of aryl methyl sites for hydroxylation is 1. The van der Waals surface area contributed by atoms with Gasteiger partial charge in [0.25, 0.3) is 5.56 Å². The second kappa shape index (κ2) is 9.03. The van der Waals surface area contributed by atoms with Crippen LogP contribution in [-0.2, 0) is 9.53 Å². The van der Waals surface area contributed by atoms with Crippen LogP contribution in [0.5, 0.6) is 5.75 Å². The first-order chi connectivity index (χ1) is 15.8. The first-order valence-electron chi connectivity index (χ1n) is 10.4. The number of thiazole rings is 1. The molecule has 0 bridgehead atoms. The van der Waals surface area contributed by atoms with E-state index in [4.69, 9.17) is 9.47 Å². The summed E-state index contributed by atoms with van der Waals surface area (Å²) >= 11 is 1.24. The Kier molecular flexibility index (Phi) is 6.15. The fraction of sp³-hybridized carbons (Fsp3) is 0.250. The lowest BCUT2D eigenvalue weighted by atomic mass is 10.1. The molecule has 1 amide bonds. The number of ether oxygens (including phenoxy) is 2. The van der Waals surface area contributed by atoms with Crippen LogP contribution in [0.15, 0.2) is 47.3 Å². The van der Waals surface area contributed by atoms with Gasteiger partial charge in [-0.15, -0.1) is 0 Å². The van der Waals surface area contributed by atoms with E-state index in [1.54, 1.807) is 38.1 Å². The van der Waals surface area contributed by atoms with Crippen molar-refractivity contribution >= 4 is 49.5 Å². The zero-order valence-corrected chi connectivity index (χ0v) is 19.5. The molecule has 2 aromatic heterocycles. The van der Waals surface area contributed by atoms with Crippen LogP contribution in [0.2, 0.25) is 0 Å². The maximum Gasteiger partial charge on any atom is 0.338 e. The number of hydrogen-bond donors (Lipinski definition) is 1. The SMILES string of the molecule is CCOC(=O)c1ccc2nc(NC(=O)C(C)n3c(=O)cc(C)c4cccc(OC)c43)sc2c1. The Labute approximate surface area is 193 Å². The molecular weight excluding hydrogens is 442 g/mol. The molecule has 0 aliphatic rings. The monoisotopic (exact) mass is 465 g/mol. The number of benzene rings is 2. The van der Waals surface area contributed by atoms with Gasteiger partial charge < -0.3 is 14.8 Å². The summed E-state index contributed by atoms with van der Waals surface area (Å²) in [6.07, 6.45) is 0. The minimum absolute atomic E-state index is 0.288. The van der Waals surface area contributed by atoms with Gasteiger partial charge in [0, 0.05) is 11.5 Å². The number of nitrogens with one attached hydrogen (secondary N) is 1. The number of anilines is 1. The fourth-order valence-corrected chi connectivity index (χ4v) is 4.64. The number of esters is 1. The largest absolute Gasteiger partial charge is 0.495 e. The average molecular weight is 466 g/mol. The lowest BCUT2D eigenvalue weighted by Gasteiger charge is -2.19. The number of aromatic nitrogens is 2. The summed E-state index contributed by atoms with van der Waals surface area (Å²) in [7, 11) is 1.53. The van der Waals surface area contributed by atoms with E-state index < -0.39 is 17.9 Å². The average Bonchev–Trinajstić information content (AvgIpc) is 3.20. The molecule has 0 aliphatic carbocycles. The zero-order valence-electron chi connectivity index (χ0n) is 18.7. The van der Waals surface area contributed by atoms with Gasteiger partial charge in [0.1, 0.15) is 11.8 Å². The summed E-state index contributed by atoms with van der Waals surface area (Å²) in [5, 5.41) is 4.01. The molecule has 1 N–H and O–H groups in total. The Morgan fingerprint density at radius 1 is 1.21 bits per heavy atom. The standard InChI is InChI=1S/C24H23N3O5S/c1-5-32-23(30)15-9-10-17-19(12-15)33-24(25-17)26-22(29)14(3)27-20(28)11-13(2)16-7-6-8-18(31-4)21(16)27/h6-12,14H,5H2,1-4H3,(H,25,26,29). The second-order valence-corrected chi connectivity index (χ2v) is 8.51. The van der Waals surface area contributed by atoms with Crippen molar-refractivity contribution in [3.05, 3.63) is 63.9 Å². The zero-order chi connectivity index (χ0) is 23.7. The van der Waals surface area contributed by atoms with Crippen molar-refractivity contribution in [3.8, 4) is 5.75 Å². The highest BCUT2D eigenvalue weighted by Crippen LogP contribution is 2.30. The minimum atomic E-state index is -0.820. The Morgan fingerprint density at radius 2 is 2.00 bits per heavy atom. The van der Waals surface area contributed by atoms with Crippen molar-refractivity contribution in [2.75, 3.05) is 19.0 Å². The van der Waals surface area contributed by atoms with Gasteiger partial charge in [-0.3, -0.25) is 14.2 Å². The summed E-state index contributed by atoms with van der Waals surface area (Å²) < 4.78 is 12.7. The molecule has 2 aromatic carbocycles. The van der Waals surface area contributed by atoms with E-state index in [1.165, 1.54) is 29.1 Å². The van der Waals surface area contributed by atoms with Crippen molar-refractivity contribution in [1.29, 1.82) is 0 Å². The van der Waals surface area contributed by atoms with E-state index >= 15 is 0 Å². The molecule has 0 fully saturated rings. The number of amides is 1. The van der Waals surface area contributed by atoms with Crippen LogP contribution >= 0.6 is 11.3 Å². The number of carbonyl (C=O) groups is 2. The molecule has 4 rings (SSSR count). The highest BCUT2D eigenvalue weighted by atomic mass is 32.1. The Hall–Kier alpha value is -3.72. The lowest BCUT2D eigenvalue weighted by molar-refractivity contribution is -0.118. The van der Waals surface area contributed by atoms with Crippen molar-refractivity contribution in [1.82, 2.24) is 9.55 Å². The molecule has 0 radical (unpaired) electrons. The number of nitrogens with zero attached hydrogens (tertiary/aromatic N) is 2. The first kappa shape index (κ1) is 22.5. The number of carbonyl (C=O) groups excluding carboxylic acids is 2. The Balaban J connectivity index is 1.67. The van der Waals surface area contributed by atoms with Crippen LogP contribution in [0.25, 0.3) is 21.1 Å². The van der Waals surface area contributed by atoms with E-state index in [1.807, 2.05) is 19.1 Å². The summed E-state index contributed by atoms with van der Waals surface area (Å²) in [5.41, 5.74) is 2.15.